The zero-order chi connectivity index (χ0) is 69.8. The Morgan fingerprint density at radius 2 is 0.484 bits per heavy atom. The van der Waals surface area contributed by atoms with Crippen molar-refractivity contribution in [2.45, 2.75) is 419 Å². The molecule has 0 aliphatic carbocycles. The summed E-state index contributed by atoms with van der Waals surface area (Å²) in [5, 5.41) is 10.6. The number of phosphoric acid groups is 2. The van der Waals surface area contributed by atoms with Crippen LogP contribution in [-0.4, -0.2) is 96.7 Å². The Bertz CT molecular complexity index is 1820. The maximum Gasteiger partial charge on any atom is 0.472 e. The lowest BCUT2D eigenvalue weighted by Gasteiger charge is -2.21. The van der Waals surface area contributed by atoms with E-state index in [1.54, 1.807) is 0 Å². The average Bonchev–Trinajstić information content (AvgIpc) is 1.55. The molecular formula is C76H148O17P2. The summed E-state index contributed by atoms with van der Waals surface area (Å²) >= 11 is 0. The third-order valence-corrected chi connectivity index (χ3v) is 19.7. The average molecular weight is 1400 g/mol. The van der Waals surface area contributed by atoms with Crippen LogP contribution in [0.25, 0.3) is 0 Å². The van der Waals surface area contributed by atoms with Crippen molar-refractivity contribution in [1.29, 1.82) is 0 Å². The smallest absolute Gasteiger partial charge is 0.462 e. The molecule has 0 aliphatic heterocycles. The van der Waals surface area contributed by atoms with Gasteiger partial charge in [-0.3, -0.25) is 37.3 Å². The van der Waals surface area contributed by atoms with Gasteiger partial charge in [-0.15, -0.1) is 0 Å². The van der Waals surface area contributed by atoms with Crippen LogP contribution in [0.5, 0.6) is 0 Å². The Kier molecular flexibility index (Phi) is 67.7. The lowest BCUT2D eigenvalue weighted by Crippen LogP contribution is -2.30. The summed E-state index contributed by atoms with van der Waals surface area (Å²) in [6.07, 6.45) is 58.4. The van der Waals surface area contributed by atoms with E-state index in [9.17, 15) is 43.2 Å². The largest absolute Gasteiger partial charge is 0.472 e. The first-order valence-corrected chi connectivity index (χ1v) is 42.6. The van der Waals surface area contributed by atoms with Gasteiger partial charge in [-0.1, -0.05) is 349 Å². The molecule has 95 heavy (non-hydrogen) atoms. The number of phosphoric ester groups is 2. The number of esters is 4. The number of carbonyl (C=O) groups is 4. The van der Waals surface area contributed by atoms with Crippen LogP contribution in [0.1, 0.15) is 401 Å². The van der Waals surface area contributed by atoms with Crippen molar-refractivity contribution in [2.75, 3.05) is 39.6 Å². The molecule has 0 radical (unpaired) electrons. The quantitative estimate of drug-likeness (QED) is 0.0222. The Morgan fingerprint density at radius 1 is 0.284 bits per heavy atom. The molecule has 0 rings (SSSR count). The highest BCUT2D eigenvalue weighted by atomic mass is 31.2. The predicted octanol–water partition coefficient (Wildman–Crippen LogP) is 22.5. The van der Waals surface area contributed by atoms with Crippen LogP contribution in [0.15, 0.2) is 0 Å². The van der Waals surface area contributed by atoms with Crippen LogP contribution >= 0.6 is 15.6 Å². The molecule has 0 aromatic rings. The number of aliphatic hydroxyl groups is 1. The Morgan fingerprint density at radius 3 is 0.716 bits per heavy atom. The second kappa shape index (κ2) is 69.2. The van der Waals surface area contributed by atoms with Gasteiger partial charge < -0.3 is 33.8 Å². The fraction of sp³-hybridized carbons (Fsp3) is 0.947. The van der Waals surface area contributed by atoms with Crippen molar-refractivity contribution in [1.82, 2.24) is 0 Å². The van der Waals surface area contributed by atoms with E-state index in [1.165, 1.54) is 218 Å². The van der Waals surface area contributed by atoms with Gasteiger partial charge in [0.2, 0.25) is 0 Å². The van der Waals surface area contributed by atoms with Crippen LogP contribution in [0.3, 0.4) is 0 Å². The highest BCUT2D eigenvalue weighted by Gasteiger charge is 2.30. The van der Waals surface area contributed by atoms with E-state index in [0.29, 0.717) is 31.6 Å². The van der Waals surface area contributed by atoms with E-state index >= 15 is 0 Å². The van der Waals surface area contributed by atoms with Crippen LogP contribution in [0, 0.1) is 5.92 Å². The number of rotatable bonds is 76. The van der Waals surface area contributed by atoms with E-state index in [2.05, 4.69) is 34.6 Å². The minimum atomic E-state index is -4.96. The third kappa shape index (κ3) is 70.3. The van der Waals surface area contributed by atoms with Crippen molar-refractivity contribution in [3.8, 4) is 0 Å². The second-order valence-electron chi connectivity index (χ2n) is 27.9. The molecule has 0 saturated carbocycles. The van der Waals surface area contributed by atoms with E-state index in [0.717, 1.165) is 96.3 Å². The number of hydrogen-bond acceptors (Lipinski definition) is 15. The first kappa shape index (κ1) is 93.1. The summed E-state index contributed by atoms with van der Waals surface area (Å²) in [5.74, 6) is -1.44. The molecule has 0 heterocycles. The van der Waals surface area contributed by atoms with Crippen LogP contribution in [-0.2, 0) is 65.4 Å². The van der Waals surface area contributed by atoms with Crippen molar-refractivity contribution >= 4 is 39.5 Å². The Balaban J connectivity index is 5.20. The van der Waals surface area contributed by atoms with Gasteiger partial charge in [0.15, 0.2) is 12.2 Å². The topological polar surface area (TPSA) is 237 Å². The molecule has 17 nitrogen and oxygen atoms in total. The van der Waals surface area contributed by atoms with Gasteiger partial charge in [-0.25, -0.2) is 9.13 Å². The summed E-state index contributed by atoms with van der Waals surface area (Å²) in [4.78, 5) is 72.7. The van der Waals surface area contributed by atoms with Gasteiger partial charge in [0.25, 0.3) is 0 Å². The molecule has 0 aliphatic rings. The molecule has 0 bridgehead atoms. The SMILES string of the molecule is CCCCCCCCCCCCCCCCCCCCCCC(=O)O[C@H](COC(=O)CCCCCCCCCCCCCCCC)COP(=O)(O)OC[C@@H](O)COP(=O)(O)OC[C@@H](COC(=O)CCCCCCCCC(C)C)OC(=O)CCCCCCCCCCCCCC. The first-order chi connectivity index (χ1) is 46.0. The molecule has 0 saturated heterocycles. The molecule has 0 spiro atoms. The monoisotopic (exact) mass is 1400 g/mol. The van der Waals surface area contributed by atoms with Gasteiger partial charge >= 0.3 is 39.5 Å². The number of aliphatic hydroxyl groups excluding tert-OH is 1. The zero-order valence-electron chi connectivity index (χ0n) is 61.8. The normalized spacial score (nSPS) is 13.9. The van der Waals surface area contributed by atoms with Gasteiger partial charge in [-0.2, -0.15) is 0 Å². The summed E-state index contributed by atoms with van der Waals surface area (Å²) < 4.78 is 68.5. The van der Waals surface area contributed by atoms with Crippen LogP contribution < -0.4 is 0 Å². The molecule has 0 aromatic carbocycles. The Hall–Kier alpha value is -1.94. The summed E-state index contributed by atoms with van der Waals surface area (Å²) in [6, 6.07) is 0. The molecule has 2 unspecified atom stereocenters. The van der Waals surface area contributed by atoms with Crippen molar-refractivity contribution in [3.05, 3.63) is 0 Å². The van der Waals surface area contributed by atoms with Crippen molar-refractivity contribution in [2.24, 2.45) is 5.92 Å². The lowest BCUT2D eigenvalue weighted by atomic mass is 10.0. The van der Waals surface area contributed by atoms with Gasteiger partial charge in [0.1, 0.15) is 19.3 Å². The zero-order valence-corrected chi connectivity index (χ0v) is 63.6. The molecule has 0 fully saturated rings. The summed E-state index contributed by atoms with van der Waals surface area (Å²) in [5.41, 5.74) is 0. The number of unbranched alkanes of at least 4 members (excludes halogenated alkanes) is 48. The maximum atomic E-state index is 13.1. The maximum absolute atomic E-state index is 13.1. The molecular weight excluding hydrogens is 1250 g/mol. The van der Waals surface area contributed by atoms with Gasteiger partial charge in [0, 0.05) is 25.7 Å². The predicted molar refractivity (Wildman–Crippen MR) is 386 cm³/mol. The fourth-order valence-corrected chi connectivity index (χ4v) is 13.3. The molecule has 3 N–H and O–H groups in total. The van der Waals surface area contributed by atoms with Gasteiger partial charge in [-0.05, 0) is 31.6 Å². The molecule has 0 amide bonds. The minimum Gasteiger partial charge on any atom is -0.462 e. The minimum absolute atomic E-state index is 0.107. The van der Waals surface area contributed by atoms with E-state index in [-0.39, 0.29) is 25.7 Å². The first-order valence-electron chi connectivity index (χ1n) is 39.6. The van der Waals surface area contributed by atoms with Crippen molar-refractivity contribution in [3.63, 3.8) is 0 Å². The van der Waals surface area contributed by atoms with E-state index in [1.807, 2.05) is 0 Å². The highest BCUT2D eigenvalue weighted by molar-refractivity contribution is 7.47. The third-order valence-electron chi connectivity index (χ3n) is 17.8. The standard InChI is InChI=1S/C76H148O17P2/c1-6-9-12-15-18-21-24-27-29-30-31-32-33-34-36-39-42-45-52-57-62-76(81)92-71(65-86-73(78)59-54-49-43-40-38-35-28-25-22-19-16-13-10-7-2)67-90-94(82,83)88-63-70(77)64-89-95(84,85)91-68-72(66-87-74(79)60-55-50-47-46-48-53-58-69(4)5)93-75(80)61-56-51-44-41-37-26-23-20-17-14-11-8-3/h69-72,77H,6-68H2,1-5H3,(H,82,83)(H,84,85)/t70-,71-,72-/m1/s1. The lowest BCUT2D eigenvalue weighted by molar-refractivity contribution is -0.161. The Labute approximate surface area is 581 Å². The van der Waals surface area contributed by atoms with E-state index < -0.39 is 97.5 Å². The number of carbonyl (C=O) groups excluding carboxylic acids is 4. The van der Waals surface area contributed by atoms with Crippen LogP contribution in [0.4, 0.5) is 0 Å². The fourth-order valence-electron chi connectivity index (χ4n) is 11.7. The summed E-state index contributed by atoms with van der Waals surface area (Å²) in [7, 11) is -9.91. The number of ether oxygens (including phenoxy) is 4. The van der Waals surface area contributed by atoms with Crippen LogP contribution in [0.2, 0.25) is 0 Å². The molecule has 564 valence electrons. The van der Waals surface area contributed by atoms with Crippen molar-refractivity contribution < 1.29 is 80.2 Å². The molecule has 5 atom stereocenters. The summed E-state index contributed by atoms with van der Waals surface area (Å²) in [6.45, 7) is 7.21. The molecule has 19 heteroatoms. The number of hydrogen-bond donors (Lipinski definition) is 3. The van der Waals surface area contributed by atoms with E-state index in [4.69, 9.17) is 37.0 Å². The molecule has 0 aromatic heterocycles. The van der Waals surface area contributed by atoms with Gasteiger partial charge in [0.05, 0.1) is 26.4 Å². The second-order valence-corrected chi connectivity index (χ2v) is 30.8. The highest BCUT2D eigenvalue weighted by Crippen LogP contribution is 2.45.